The third-order valence-electron chi connectivity index (χ3n) is 3.13. The highest BCUT2D eigenvalue weighted by Gasteiger charge is 2.16. The second-order valence-corrected chi connectivity index (χ2v) is 4.44. The molecular formula is C15H23NO2. The molecule has 1 aromatic carbocycles. The van der Waals surface area contributed by atoms with Gasteiger partial charge in [0.05, 0.1) is 12.8 Å². The van der Waals surface area contributed by atoms with E-state index in [9.17, 15) is 4.79 Å². The van der Waals surface area contributed by atoms with Crippen LogP contribution in [-0.2, 0) is 4.79 Å². The zero-order chi connectivity index (χ0) is 13.4. The third kappa shape index (κ3) is 4.06. The summed E-state index contributed by atoms with van der Waals surface area (Å²) in [5.74, 6) is 0.890. The summed E-state index contributed by atoms with van der Waals surface area (Å²) in [7, 11) is 1.61. The Bertz CT molecular complexity index is 377. The Morgan fingerprint density at radius 3 is 2.67 bits per heavy atom. The molecule has 0 heterocycles. The first kappa shape index (κ1) is 14.6. The molecule has 1 rings (SSSR count). The Kier molecular flexibility index (Phi) is 6.26. The van der Waals surface area contributed by atoms with Crippen molar-refractivity contribution in [1.29, 1.82) is 0 Å². The van der Waals surface area contributed by atoms with Gasteiger partial charge in [0.2, 0.25) is 5.91 Å². The highest BCUT2D eigenvalue weighted by molar-refractivity contribution is 5.93. The molecule has 0 spiro atoms. The van der Waals surface area contributed by atoms with Crippen LogP contribution in [0.25, 0.3) is 0 Å². The number of hydrogen-bond acceptors (Lipinski definition) is 2. The molecule has 3 nitrogen and oxygen atoms in total. The van der Waals surface area contributed by atoms with E-state index in [1.165, 1.54) is 0 Å². The lowest BCUT2D eigenvalue weighted by atomic mass is 9.98. The van der Waals surface area contributed by atoms with Crippen molar-refractivity contribution in [3.63, 3.8) is 0 Å². The maximum absolute atomic E-state index is 12.2. The molecular weight excluding hydrogens is 226 g/mol. The van der Waals surface area contributed by atoms with Crippen LogP contribution >= 0.6 is 0 Å². The van der Waals surface area contributed by atoms with Crippen molar-refractivity contribution < 1.29 is 9.53 Å². The number of anilines is 1. The molecule has 1 unspecified atom stereocenters. The molecule has 0 radical (unpaired) electrons. The van der Waals surface area contributed by atoms with Crippen LogP contribution in [-0.4, -0.2) is 13.0 Å². The minimum absolute atomic E-state index is 0.0925. The number of amides is 1. The van der Waals surface area contributed by atoms with Crippen LogP contribution in [0.2, 0.25) is 0 Å². The smallest absolute Gasteiger partial charge is 0.227 e. The number of carbonyl (C=O) groups is 1. The largest absolute Gasteiger partial charge is 0.495 e. The van der Waals surface area contributed by atoms with Gasteiger partial charge in [-0.2, -0.15) is 0 Å². The summed E-state index contributed by atoms with van der Waals surface area (Å²) in [4.78, 5) is 12.2. The average molecular weight is 249 g/mol. The molecule has 100 valence electrons. The van der Waals surface area contributed by atoms with Gasteiger partial charge in [-0.3, -0.25) is 4.79 Å². The van der Waals surface area contributed by atoms with Crippen molar-refractivity contribution in [2.75, 3.05) is 12.4 Å². The van der Waals surface area contributed by atoms with Gasteiger partial charge in [0.1, 0.15) is 5.75 Å². The fourth-order valence-corrected chi connectivity index (χ4v) is 1.95. The SMILES string of the molecule is CCCCC(CC)C(=O)Nc1ccccc1OC. The second-order valence-electron chi connectivity index (χ2n) is 4.44. The number of rotatable bonds is 7. The third-order valence-corrected chi connectivity index (χ3v) is 3.13. The first-order valence-corrected chi connectivity index (χ1v) is 6.66. The van der Waals surface area contributed by atoms with Crippen LogP contribution in [0.3, 0.4) is 0 Å². The van der Waals surface area contributed by atoms with Crippen molar-refractivity contribution >= 4 is 11.6 Å². The van der Waals surface area contributed by atoms with Crippen molar-refractivity contribution in [2.45, 2.75) is 39.5 Å². The maximum atomic E-state index is 12.2. The number of para-hydroxylation sites is 2. The topological polar surface area (TPSA) is 38.3 Å². The highest BCUT2D eigenvalue weighted by Crippen LogP contribution is 2.24. The fourth-order valence-electron chi connectivity index (χ4n) is 1.95. The van der Waals surface area contributed by atoms with Crippen LogP contribution < -0.4 is 10.1 Å². The molecule has 0 aliphatic carbocycles. The summed E-state index contributed by atoms with van der Waals surface area (Å²) in [5.41, 5.74) is 0.750. The van der Waals surface area contributed by atoms with E-state index in [1.54, 1.807) is 7.11 Å². The Morgan fingerprint density at radius 2 is 2.06 bits per heavy atom. The molecule has 0 aliphatic rings. The Balaban J connectivity index is 2.67. The Labute approximate surface area is 110 Å². The molecule has 3 heteroatoms. The monoisotopic (exact) mass is 249 g/mol. The van der Waals surface area contributed by atoms with Crippen molar-refractivity contribution in [1.82, 2.24) is 0 Å². The summed E-state index contributed by atoms with van der Waals surface area (Å²) in [5, 5.41) is 2.96. The lowest BCUT2D eigenvalue weighted by Crippen LogP contribution is -2.22. The standard InChI is InChI=1S/C15H23NO2/c1-4-6-9-12(5-2)15(17)16-13-10-7-8-11-14(13)18-3/h7-8,10-12H,4-6,9H2,1-3H3,(H,16,17). The number of ether oxygens (including phenoxy) is 1. The number of hydrogen-bond donors (Lipinski definition) is 1. The fraction of sp³-hybridized carbons (Fsp3) is 0.533. The molecule has 0 aliphatic heterocycles. The zero-order valence-corrected chi connectivity index (χ0v) is 11.5. The molecule has 0 aromatic heterocycles. The molecule has 0 bridgehead atoms. The van der Waals surface area contributed by atoms with Crippen molar-refractivity contribution in [3.05, 3.63) is 24.3 Å². The van der Waals surface area contributed by atoms with Crippen molar-refractivity contribution in [3.8, 4) is 5.75 Å². The first-order chi connectivity index (χ1) is 8.72. The summed E-state index contributed by atoms with van der Waals surface area (Å²) < 4.78 is 5.23. The highest BCUT2D eigenvalue weighted by atomic mass is 16.5. The molecule has 1 aromatic rings. The van der Waals surface area contributed by atoms with Gasteiger partial charge in [-0.05, 0) is 25.0 Å². The molecule has 1 atom stereocenters. The Morgan fingerprint density at radius 1 is 1.33 bits per heavy atom. The zero-order valence-electron chi connectivity index (χ0n) is 11.5. The predicted molar refractivity (Wildman–Crippen MR) is 74.9 cm³/mol. The van der Waals surface area contributed by atoms with E-state index in [2.05, 4.69) is 19.2 Å². The number of unbranched alkanes of at least 4 members (excludes halogenated alkanes) is 1. The van der Waals surface area contributed by atoms with Gasteiger partial charge in [-0.25, -0.2) is 0 Å². The van der Waals surface area contributed by atoms with Crippen LogP contribution in [0.15, 0.2) is 24.3 Å². The van der Waals surface area contributed by atoms with Gasteiger partial charge in [0.25, 0.3) is 0 Å². The number of nitrogens with one attached hydrogen (secondary N) is 1. The van der Waals surface area contributed by atoms with E-state index >= 15 is 0 Å². The predicted octanol–water partition coefficient (Wildman–Crippen LogP) is 3.85. The van der Waals surface area contributed by atoms with Gasteiger partial charge in [-0.1, -0.05) is 38.8 Å². The molecule has 0 saturated heterocycles. The van der Waals surface area contributed by atoms with Crippen LogP contribution in [0.5, 0.6) is 5.75 Å². The molecule has 0 fully saturated rings. The van der Waals surface area contributed by atoms with E-state index in [-0.39, 0.29) is 11.8 Å². The lowest BCUT2D eigenvalue weighted by molar-refractivity contribution is -0.120. The summed E-state index contributed by atoms with van der Waals surface area (Å²) in [6.07, 6.45) is 4.05. The minimum Gasteiger partial charge on any atom is -0.495 e. The number of benzene rings is 1. The minimum atomic E-state index is 0.0925. The first-order valence-electron chi connectivity index (χ1n) is 6.66. The van der Waals surface area contributed by atoms with E-state index in [1.807, 2.05) is 24.3 Å². The summed E-state index contributed by atoms with van der Waals surface area (Å²) in [6.45, 7) is 4.20. The van der Waals surface area contributed by atoms with Gasteiger partial charge >= 0.3 is 0 Å². The quantitative estimate of drug-likeness (QED) is 0.797. The van der Waals surface area contributed by atoms with Crippen LogP contribution in [0, 0.1) is 5.92 Å². The van der Waals surface area contributed by atoms with E-state index in [4.69, 9.17) is 4.74 Å². The number of carbonyl (C=O) groups excluding carboxylic acids is 1. The molecule has 1 amide bonds. The van der Waals surface area contributed by atoms with Gasteiger partial charge in [-0.15, -0.1) is 0 Å². The summed E-state index contributed by atoms with van der Waals surface area (Å²) >= 11 is 0. The van der Waals surface area contributed by atoms with Crippen molar-refractivity contribution in [2.24, 2.45) is 5.92 Å². The Hall–Kier alpha value is -1.51. The van der Waals surface area contributed by atoms with Gasteiger partial charge in [0, 0.05) is 5.92 Å². The van der Waals surface area contributed by atoms with Gasteiger partial charge in [0.15, 0.2) is 0 Å². The van der Waals surface area contributed by atoms with Crippen LogP contribution in [0.4, 0.5) is 5.69 Å². The van der Waals surface area contributed by atoms with Gasteiger partial charge < -0.3 is 10.1 Å². The van der Waals surface area contributed by atoms with E-state index < -0.39 is 0 Å². The molecule has 1 N–H and O–H groups in total. The number of methoxy groups -OCH3 is 1. The second kappa shape index (κ2) is 7.75. The maximum Gasteiger partial charge on any atom is 0.227 e. The molecule has 0 saturated carbocycles. The molecule has 18 heavy (non-hydrogen) atoms. The van der Waals surface area contributed by atoms with E-state index in [0.29, 0.717) is 5.75 Å². The summed E-state index contributed by atoms with van der Waals surface area (Å²) in [6, 6.07) is 7.50. The van der Waals surface area contributed by atoms with Crippen LogP contribution in [0.1, 0.15) is 39.5 Å². The average Bonchev–Trinajstić information content (AvgIpc) is 2.40. The van der Waals surface area contributed by atoms with E-state index in [0.717, 1.165) is 31.4 Å². The normalized spacial score (nSPS) is 11.9. The lowest BCUT2D eigenvalue weighted by Gasteiger charge is -2.16.